The van der Waals surface area contributed by atoms with Crippen molar-refractivity contribution in [1.82, 2.24) is 19.5 Å². The van der Waals surface area contributed by atoms with Crippen molar-refractivity contribution in [1.29, 1.82) is 0 Å². The molecule has 12 rings (SSSR count). The molecule has 11 aromatic rings. The number of nitrogens with zero attached hydrogens (tertiary/aromatic N) is 4. The van der Waals surface area contributed by atoms with Gasteiger partial charge in [0.25, 0.3) is 0 Å². The van der Waals surface area contributed by atoms with Crippen molar-refractivity contribution in [2.75, 3.05) is 0 Å². The molecular formula is C52H32N4O. The third-order valence-corrected chi connectivity index (χ3v) is 11.8. The van der Waals surface area contributed by atoms with Crippen LogP contribution in [-0.4, -0.2) is 19.5 Å². The van der Waals surface area contributed by atoms with E-state index in [4.69, 9.17) is 19.4 Å². The Bertz CT molecular complexity index is 3260. The quantitative estimate of drug-likeness (QED) is 0.177. The zero-order valence-corrected chi connectivity index (χ0v) is 30.7. The standard InChI is InChI=1S/C52H32N4O/c1-2-14-36(15-3-1)52(43-21-9-4-16-37(43)38-17-5-10-22-44(38)52)50-53-49(54-51(55-50)56-45-23-11-6-18-39(45)40-19-7-12-24-46(40)56)34-28-26-33(27-29-34)35-30-31-42-41-20-8-13-25-47(41)57-48(42)32-35/h1-32H. The van der Waals surface area contributed by atoms with Crippen molar-refractivity contribution < 1.29 is 4.42 Å². The molecule has 0 bridgehead atoms. The Hall–Kier alpha value is -7.63. The minimum atomic E-state index is -0.804. The van der Waals surface area contributed by atoms with Crippen LogP contribution in [-0.2, 0) is 5.41 Å². The van der Waals surface area contributed by atoms with Crippen LogP contribution in [0.3, 0.4) is 0 Å². The summed E-state index contributed by atoms with van der Waals surface area (Å²) in [6.45, 7) is 0. The molecule has 0 fully saturated rings. The minimum Gasteiger partial charge on any atom is -0.456 e. The molecule has 0 aliphatic heterocycles. The van der Waals surface area contributed by atoms with E-state index in [1.807, 2.05) is 12.1 Å². The van der Waals surface area contributed by atoms with Crippen LogP contribution in [0.25, 0.3) is 83.3 Å². The van der Waals surface area contributed by atoms with Crippen LogP contribution in [0, 0.1) is 0 Å². The first kappa shape index (κ1) is 31.7. The number of furan rings is 1. The molecule has 0 saturated heterocycles. The average molecular weight is 729 g/mol. The summed E-state index contributed by atoms with van der Waals surface area (Å²) in [7, 11) is 0. The van der Waals surface area contributed by atoms with E-state index < -0.39 is 5.41 Å². The fraction of sp³-hybridized carbons (Fsp3) is 0.0192. The highest BCUT2D eigenvalue weighted by molar-refractivity contribution is 6.09. The van der Waals surface area contributed by atoms with Crippen LogP contribution in [0.4, 0.5) is 0 Å². The summed E-state index contributed by atoms with van der Waals surface area (Å²) in [4.78, 5) is 16.4. The van der Waals surface area contributed by atoms with Crippen LogP contribution < -0.4 is 0 Å². The topological polar surface area (TPSA) is 56.7 Å². The van der Waals surface area contributed by atoms with E-state index in [1.54, 1.807) is 0 Å². The maximum atomic E-state index is 6.25. The van der Waals surface area contributed by atoms with Crippen molar-refractivity contribution in [3.05, 3.63) is 217 Å². The van der Waals surface area contributed by atoms with Gasteiger partial charge in [-0.2, -0.15) is 9.97 Å². The van der Waals surface area contributed by atoms with Gasteiger partial charge in [-0.05, 0) is 69.3 Å². The van der Waals surface area contributed by atoms with Gasteiger partial charge < -0.3 is 4.42 Å². The predicted molar refractivity (Wildman–Crippen MR) is 230 cm³/mol. The Morgan fingerprint density at radius 2 is 0.947 bits per heavy atom. The third kappa shape index (κ3) is 4.60. The molecule has 5 heteroatoms. The van der Waals surface area contributed by atoms with Crippen LogP contribution in [0.15, 0.2) is 199 Å². The average Bonchev–Trinajstić information content (AvgIpc) is 3.93. The lowest BCUT2D eigenvalue weighted by molar-refractivity contribution is 0.669. The Balaban J connectivity index is 1.11. The van der Waals surface area contributed by atoms with E-state index >= 15 is 0 Å². The molecule has 266 valence electrons. The van der Waals surface area contributed by atoms with Crippen molar-refractivity contribution in [2.45, 2.75) is 5.41 Å². The van der Waals surface area contributed by atoms with E-state index in [-0.39, 0.29) is 0 Å². The maximum Gasteiger partial charge on any atom is 0.238 e. The van der Waals surface area contributed by atoms with E-state index in [1.165, 1.54) is 11.1 Å². The van der Waals surface area contributed by atoms with Gasteiger partial charge in [0.2, 0.25) is 5.95 Å². The molecular weight excluding hydrogens is 697 g/mol. The van der Waals surface area contributed by atoms with Crippen LogP contribution in [0.5, 0.6) is 0 Å². The monoisotopic (exact) mass is 728 g/mol. The highest BCUT2D eigenvalue weighted by atomic mass is 16.3. The van der Waals surface area contributed by atoms with Gasteiger partial charge in [0.15, 0.2) is 11.6 Å². The molecule has 0 N–H and O–H groups in total. The molecule has 0 spiro atoms. The van der Waals surface area contributed by atoms with Crippen LogP contribution in [0.2, 0.25) is 0 Å². The van der Waals surface area contributed by atoms with Gasteiger partial charge in [0, 0.05) is 27.1 Å². The summed E-state index contributed by atoms with van der Waals surface area (Å²) in [5, 5.41) is 4.54. The number of aromatic nitrogens is 4. The van der Waals surface area contributed by atoms with Gasteiger partial charge >= 0.3 is 0 Å². The Morgan fingerprint density at radius 3 is 1.65 bits per heavy atom. The molecule has 57 heavy (non-hydrogen) atoms. The molecule has 3 heterocycles. The van der Waals surface area contributed by atoms with Gasteiger partial charge in [-0.1, -0.05) is 164 Å². The first-order chi connectivity index (χ1) is 28.3. The predicted octanol–water partition coefficient (Wildman–Crippen LogP) is 12.6. The number of fused-ring (bicyclic) bond motifs is 9. The lowest BCUT2D eigenvalue weighted by atomic mass is 9.71. The molecule has 8 aromatic carbocycles. The molecule has 0 saturated carbocycles. The van der Waals surface area contributed by atoms with Gasteiger partial charge in [-0.25, -0.2) is 4.98 Å². The molecule has 0 atom stereocenters. The Labute approximate surface area is 328 Å². The zero-order chi connectivity index (χ0) is 37.5. The van der Waals surface area contributed by atoms with E-state index in [0.29, 0.717) is 17.6 Å². The van der Waals surface area contributed by atoms with Gasteiger partial charge in [-0.15, -0.1) is 0 Å². The second-order valence-electron chi connectivity index (χ2n) is 14.7. The van der Waals surface area contributed by atoms with Gasteiger partial charge in [0.1, 0.15) is 16.6 Å². The molecule has 0 radical (unpaired) electrons. The SMILES string of the molecule is c1ccc(C2(c3nc(-c4ccc(-c5ccc6c(c5)oc5ccccc56)cc4)nc(-n4c5ccccc5c5ccccc54)n3)c3ccccc3-c3ccccc32)cc1. The summed E-state index contributed by atoms with van der Waals surface area (Å²) >= 11 is 0. The van der Waals surface area contributed by atoms with Crippen molar-refractivity contribution >= 4 is 43.7 Å². The number of hydrogen-bond acceptors (Lipinski definition) is 4. The van der Waals surface area contributed by atoms with Crippen LogP contribution in [0.1, 0.15) is 22.5 Å². The molecule has 0 unspecified atom stereocenters. The Kier molecular flexibility index (Phi) is 6.78. The number of benzene rings is 8. The molecule has 1 aliphatic rings. The lowest BCUT2D eigenvalue weighted by Crippen LogP contribution is -2.32. The number of para-hydroxylation sites is 3. The minimum absolute atomic E-state index is 0.573. The summed E-state index contributed by atoms with van der Waals surface area (Å²) in [6.07, 6.45) is 0. The smallest absolute Gasteiger partial charge is 0.238 e. The summed E-state index contributed by atoms with van der Waals surface area (Å²) in [6, 6.07) is 68.3. The van der Waals surface area contributed by atoms with Crippen molar-refractivity contribution in [3.63, 3.8) is 0 Å². The van der Waals surface area contributed by atoms with Gasteiger partial charge in [0.05, 0.1) is 11.0 Å². The second kappa shape index (κ2) is 12.2. The highest BCUT2D eigenvalue weighted by Crippen LogP contribution is 2.55. The van der Waals surface area contributed by atoms with Crippen molar-refractivity contribution in [3.8, 4) is 39.6 Å². The maximum absolute atomic E-state index is 6.25. The molecule has 5 nitrogen and oxygen atoms in total. The van der Waals surface area contributed by atoms with E-state index in [9.17, 15) is 0 Å². The summed E-state index contributed by atoms with van der Waals surface area (Å²) < 4.78 is 8.44. The zero-order valence-electron chi connectivity index (χ0n) is 30.7. The lowest BCUT2D eigenvalue weighted by Gasteiger charge is -2.32. The first-order valence-corrected chi connectivity index (χ1v) is 19.3. The van der Waals surface area contributed by atoms with E-state index in [2.05, 4.69) is 187 Å². The summed E-state index contributed by atoms with van der Waals surface area (Å²) in [5.74, 6) is 1.85. The van der Waals surface area contributed by atoms with Gasteiger partial charge in [-0.3, -0.25) is 4.57 Å². The number of hydrogen-bond donors (Lipinski definition) is 0. The normalized spacial score (nSPS) is 13.1. The van der Waals surface area contributed by atoms with Crippen LogP contribution >= 0.6 is 0 Å². The largest absolute Gasteiger partial charge is 0.456 e. The second-order valence-corrected chi connectivity index (χ2v) is 14.7. The third-order valence-electron chi connectivity index (χ3n) is 11.8. The number of rotatable bonds is 5. The fourth-order valence-electron chi connectivity index (χ4n) is 9.22. The molecule has 3 aromatic heterocycles. The fourth-order valence-corrected chi connectivity index (χ4v) is 9.22. The highest BCUT2D eigenvalue weighted by Gasteiger charge is 2.48. The molecule has 0 amide bonds. The van der Waals surface area contributed by atoms with E-state index in [0.717, 1.165) is 77.1 Å². The summed E-state index contributed by atoms with van der Waals surface area (Å²) in [5.41, 5.74) is 11.9. The van der Waals surface area contributed by atoms with Crippen molar-refractivity contribution in [2.24, 2.45) is 0 Å². The Morgan fingerprint density at radius 1 is 0.404 bits per heavy atom. The molecule has 1 aliphatic carbocycles. The first-order valence-electron chi connectivity index (χ1n) is 19.3.